The van der Waals surface area contributed by atoms with E-state index in [1.54, 1.807) is 0 Å². The van der Waals surface area contributed by atoms with Crippen LogP contribution in [0.25, 0.3) is 0 Å². The molecule has 2 heteroatoms. The first-order chi connectivity index (χ1) is 5.64. The van der Waals surface area contributed by atoms with Crippen molar-refractivity contribution in [2.45, 2.75) is 20.3 Å². The first-order valence-corrected chi connectivity index (χ1v) is 4.09. The predicted octanol–water partition coefficient (Wildman–Crippen LogP) is 1.89. The number of nitrogens with zero attached hydrogens (tertiary/aromatic N) is 1. The third kappa shape index (κ3) is 2.50. The summed E-state index contributed by atoms with van der Waals surface area (Å²) in [6.45, 7) is 6.28. The molecule has 0 aromatic carbocycles. The van der Waals surface area contributed by atoms with Gasteiger partial charge in [-0.3, -0.25) is 0 Å². The van der Waals surface area contributed by atoms with Gasteiger partial charge in [-0.2, -0.15) is 0 Å². The van der Waals surface area contributed by atoms with E-state index >= 15 is 0 Å². The maximum absolute atomic E-state index is 8.49. The van der Waals surface area contributed by atoms with Gasteiger partial charge in [-0.25, -0.2) is 0 Å². The first-order valence-electron chi connectivity index (χ1n) is 4.09. The molecule has 1 nitrogen and oxygen atoms in total. The van der Waals surface area contributed by atoms with Crippen molar-refractivity contribution >= 4 is 12.4 Å². The molecule has 1 aliphatic rings. The number of hydrogen-bond acceptors (Lipinski definition) is 1. The van der Waals surface area contributed by atoms with Crippen LogP contribution in [0.15, 0.2) is 24.2 Å². The van der Waals surface area contributed by atoms with Crippen molar-refractivity contribution in [2.75, 3.05) is 0 Å². The molecule has 0 unspecified atom stereocenters. The first kappa shape index (κ1) is 9.00. The molecular weight excluding hydrogens is 145 g/mol. The van der Waals surface area contributed by atoms with Gasteiger partial charge < -0.3 is 0 Å². The predicted molar refractivity (Wildman–Crippen MR) is 53.1 cm³/mol. The summed E-state index contributed by atoms with van der Waals surface area (Å²) in [7, 11) is 0. The second-order valence-electron chi connectivity index (χ2n) is 3.59. The standard InChI is InChI=1S/C10H12BN/c1-10(2)5-3-9(4-8-12)11-7-6-10/h3,5-7H,4H2,1-2H3. The van der Waals surface area contributed by atoms with Crippen LogP contribution in [-0.2, 0) is 0 Å². The molecule has 0 N–H and O–H groups in total. The number of hydrogen-bond donors (Lipinski definition) is 0. The van der Waals surface area contributed by atoms with Crippen LogP contribution in [0, 0.1) is 16.7 Å². The van der Waals surface area contributed by atoms with Gasteiger partial charge in [0.05, 0.1) is 0 Å². The molecule has 1 heterocycles. The summed E-state index contributed by atoms with van der Waals surface area (Å²) >= 11 is 0. The third-order valence-corrected chi connectivity index (χ3v) is 1.85. The summed E-state index contributed by atoms with van der Waals surface area (Å²) in [6.07, 6.45) is 6.79. The SMILES string of the molecule is CC1(C)C=CB=C(CC#N)C=C1. The molecule has 0 saturated carbocycles. The van der Waals surface area contributed by atoms with E-state index in [1.165, 1.54) is 0 Å². The van der Waals surface area contributed by atoms with Crippen molar-refractivity contribution in [2.24, 2.45) is 5.41 Å². The summed E-state index contributed by atoms with van der Waals surface area (Å²) in [5.74, 6) is 2.02. The molecular formula is C10H12BN. The molecule has 1 aliphatic heterocycles. The summed E-state index contributed by atoms with van der Waals surface area (Å²) in [5, 5.41) is 8.49. The zero-order chi connectivity index (χ0) is 9.03. The molecule has 0 aliphatic carbocycles. The molecule has 0 saturated heterocycles. The molecule has 0 aromatic rings. The Morgan fingerprint density at radius 3 is 2.92 bits per heavy atom. The van der Waals surface area contributed by atoms with Crippen molar-refractivity contribution in [1.29, 1.82) is 5.26 Å². The Morgan fingerprint density at radius 1 is 1.50 bits per heavy atom. The van der Waals surface area contributed by atoms with Crippen molar-refractivity contribution in [3.05, 3.63) is 24.2 Å². The Hall–Kier alpha value is -1.10. The van der Waals surface area contributed by atoms with Gasteiger partial charge >= 0.3 is 73.6 Å². The average molecular weight is 157 g/mol. The molecule has 0 aromatic heterocycles. The van der Waals surface area contributed by atoms with Crippen molar-refractivity contribution in [1.82, 2.24) is 0 Å². The van der Waals surface area contributed by atoms with Crippen LogP contribution >= 0.6 is 0 Å². The monoisotopic (exact) mass is 157 g/mol. The zero-order valence-corrected chi connectivity index (χ0v) is 7.54. The Balaban J connectivity index is 2.81. The van der Waals surface area contributed by atoms with Gasteiger partial charge in [0.2, 0.25) is 0 Å². The van der Waals surface area contributed by atoms with Crippen LogP contribution in [-0.4, -0.2) is 12.4 Å². The van der Waals surface area contributed by atoms with E-state index in [0.29, 0.717) is 6.42 Å². The number of allylic oxidation sites excluding steroid dienone is 3. The molecule has 12 heavy (non-hydrogen) atoms. The fraction of sp³-hybridized carbons (Fsp3) is 0.400. The van der Waals surface area contributed by atoms with Crippen LogP contribution in [0.3, 0.4) is 0 Å². The molecule has 0 spiro atoms. The Morgan fingerprint density at radius 2 is 2.25 bits per heavy atom. The van der Waals surface area contributed by atoms with Gasteiger partial charge in [0.25, 0.3) is 0 Å². The van der Waals surface area contributed by atoms with Crippen LogP contribution in [0.5, 0.6) is 0 Å². The van der Waals surface area contributed by atoms with E-state index in [4.69, 9.17) is 5.26 Å². The van der Waals surface area contributed by atoms with E-state index in [9.17, 15) is 0 Å². The fourth-order valence-electron chi connectivity index (χ4n) is 1.06. The average Bonchev–Trinajstić information content (AvgIpc) is 2.14. The Labute approximate surface area is 74.3 Å². The van der Waals surface area contributed by atoms with Crippen LogP contribution < -0.4 is 0 Å². The van der Waals surface area contributed by atoms with Crippen molar-refractivity contribution < 1.29 is 0 Å². The van der Waals surface area contributed by atoms with Crippen molar-refractivity contribution in [3.8, 4) is 6.07 Å². The Kier molecular flexibility index (Phi) is 2.65. The van der Waals surface area contributed by atoms with E-state index in [2.05, 4.69) is 32.1 Å². The third-order valence-electron chi connectivity index (χ3n) is 1.85. The summed E-state index contributed by atoms with van der Waals surface area (Å²) in [6, 6.07) is 2.14. The van der Waals surface area contributed by atoms with Gasteiger partial charge in [0.15, 0.2) is 0 Å². The van der Waals surface area contributed by atoms with Gasteiger partial charge in [-0.15, -0.1) is 0 Å². The number of nitriles is 1. The summed E-state index contributed by atoms with van der Waals surface area (Å²) in [4.78, 5) is 0. The van der Waals surface area contributed by atoms with Crippen LogP contribution in [0.4, 0.5) is 0 Å². The summed E-state index contributed by atoms with van der Waals surface area (Å²) in [5.41, 5.74) is 1.20. The van der Waals surface area contributed by atoms with Gasteiger partial charge in [0.1, 0.15) is 0 Å². The van der Waals surface area contributed by atoms with Crippen molar-refractivity contribution in [3.63, 3.8) is 0 Å². The van der Waals surface area contributed by atoms with E-state index in [0.717, 1.165) is 5.46 Å². The minimum atomic E-state index is 0.119. The molecule has 0 bridgehead atoms. The van der Waals surface area contributed by atoms with Crippen LogP contribution in [0.1, 0.15) is 20.3 Å². The Bertz CT molecular complexity index is 289. The minimum absolute atomic E-state index is 0.119. The molecule has 0 atom stereocenters. The second-order valence-corrected chi connectivity index (χ2v) is 3.59. The molecule has 0 radical (unpaired) electrons. The number of rotatable bonds is 1. The normalized spacial score (nSPS) is 18.9. The van der Waals surface area contributed by atoms with Gasteiger partial charge in [-0.1, -0.05) is 0 Å². The molecule has 0 amide bonds. The molecule has 1 rings (SSSR count). The van der Waals surface area contributed by atoms with E-state index < -0.39 is 0 Å². The van der Waals surface area contributed by atoms with Gasteiger partial charge in [-0.05, 0) is 0 Å². The topological polar surface area (TPSA) is 23.8 Å². The molecule has 0 fully saturated rings. The summed E-state index contributed by atoms with van der Waals surface area (Å²) < 4.78 is 0. The molecule has 60 valence electrons. The van der Waals surface area contributed by atoms with Gasteiger partial charge in [0, 0.05) is 0 Å². The fourth-order valence-corrected chi connectivity index (χ4v) is 1.06. The zero-order valence-electron chi connectivity index (χ0n) is 7.54. The van der Waals surface area contributed by atoms with E-state index in [1.807, 2.05) is 19.0 Å². The van der Waals surface area contributed by atoms with Crippen LogP contribution in [0.2, 0.25) is 0 Å². The quantitative estimate of drug-likeness (QED) is 0.533. The maximum atomic E-state index is 8.49. The second kappa shape index (κ2) is 3.54. The van der Waals surface area contributed by atoms with E-state index in [-0.39, 0.29) is 5.41 Å².